The van der Waals surface area contributed by atoms with Crippen molar-refractivity contribution in [3.8, 4) is 0 Å². The zero-order valence-electron chi connectivity index (χ0n) is 12.3. The van der Waals surface area contributed by atoms with Crippen molar-refractivity contribution in [2.45, 2.75) is 38.6 Å². The fourth-order valence-electron chi connectivity index (χ4n) is 2.66. The number of amides is 1. The van der Waals surface area contributed by atoms with Gasteiger partial charge in [0.1, 0.15) is 5.69 Å². The Balaban J connectivity index is 1.80. The molecule has 1 aliphatic carbocycles. The van der Waals surface area contributed by atoms with Crippen molar-refractivity contribution in [3.63, 3.8) is 0 Å². The fourth-order valence-corrected chi connectivity index (χ4v) is 2.66. The van der Waals surface area contributed by atoms with Gasteiger partial charge in [0, 0.05) is 17.1 Å². The van der Waals surface area contributed by atoms with Gasteiger partial charge in [-0.25, -0.2) is 4.98 Å². The van der Waals surface area contributed by atoms with Crippen LogP contribution in [0.5, 0.6) is 0 Å². The number of aromatic nitrogens is 1. The highest BCUT2D eigenvalue weighted by Crippen LogP contribution is 2.34. The predicted octanol–water partition coefficient (Wildman–Crippen LogP) is 3.13. The molecule has 21 heavy (non-hydrogen) atoms. The molecule has 1 aromatic heterocycles. The largest absolute Gasteiger partial charge is 0.398 e. The van der Waals surface area contributed by atoms with Crippen LogP contribution in [0.15, 0.2) is 30.3 Å². The Labute approximate surface area is 124 Å². The van der Waals surface area contributed by atoms with Crippen molar-refractivity contribution in [1.29, 1.82) is 0 Å². The smallest absolute Gasteiger partial charge is 0.270 e. The molecule has 0 radical (unpaired) electrons. The van der Waals surface area contributed by atoms with Gasteiger partial charge in [0.2, 0.25) is 0 Å². The van der Waals surface area contributed by atoms with Gasteiger partial charge in [-0.05, 0) is 30.9 Å². The number of carbonyl (C=O) groups is 1. The molecule has 1 unspecified atom stereocenters. The molecule has 0 bridgehead atoms. The third-order valence-electron chi connectivity index (χ3n) is 4.12. The molecule has 3 N–H and O–H groups in total. The van der Waals surface area contributed by atoms with E-state index in [9.17, 15) is 4.79 Å². The second-order valence-corrected chi connectivity index (χ2v) is 5.87. The molecule has 1 aromatic carbocycles. The van der Waals surface area contributed by atoms with E-state index in [2.05, 4.69) is 17.2 Å². The second-order valence-electron chi connectivity index (χ2n) is 5.87. The van der Waals surface area contributed by atoms with Crippen LogP contribution < -0.4 is 11.1 Å². The zero-order chi connectivity index (χ0) is 14.8. The van der Waals surface area contributed by atoms with E-state index in [0.29, 0.717) is 11.4 Å². The molecule has 1 amide bonds. The molecule has 1 aliphatic rings. The highest BCUT2D eigenvalue weighted by Gasteiger charge is 2.26. The summed E-state index contributed by atoms with van der Waals surface area (Å²) in [7, 11) is 0. The fraction of sp³-hybridized carbons (Fsp3) is 0.412. The minimum atomic E-state index is -0.125. The van der Waals surface area contributed by atoms with Crippen molar-refractivity contribution < 1.29 is 4.79 Å². The van der Waals surface area contributed by atoms with Crippen LogP contribution in [0.1, 0.15) is 43.1 Å². The van der Waals surface area contributed by atoms with Crippen LogP contribution in [0.2, 0.25) is 0 Å². The van der Waals surface area contributed by atoms with Crippen LogP contribution >= 0.6 is 0 Å². The van der Waals surface area contributed by atoms with E-state index in [0.717, 1.165) is 29.7 Å². The molecule has 2 aromatic rings. The number of hydrogen-bond donors (Lipinski definition) is 2. The number of benzene rings is 1. The zero-order valence-corrected chi connectivity index (χ0v) is 12.3. The SMILES string of the molecule is CCC(CC1CC1)NC(=O)c1cc(N)c2ccccc2n1. The Kier molecular flexibility index (Phi) is 3.78. The summed E-state index contributed by atoms with van der Waals surface area (Å²) in [4.78, 5) is 16.8. The minimum absolute atomic E-state index is 0.125. The van der Waals surface area contributed by atoms with Crippen LogP contribution in [0, 0.1) is 5.92 Å². The van der Waals surface area contributed by atoms with E-state index >= 15 is 0 Å². The van der Waals surface area contributed by atoms with Gasteiger partial charge in [-0.1, -0.05) is 38.0 Å². The maximum atomic E-state index is 12.4. The lowest BCUT2D eigenvalue weighted by atomic mass is 10.1. The summed E-state index contributed by atoms with van der Waals surface area (Å²) in [5.74, 6) is 0.671. The number of anilines is 1. The molecule has 1 atom stereocenters. The van der Waals surface area contributed by atoms with Gasteiger partial charge >= 0.3 is 0 Å². The molecule has 4 heteroatoms. The first-order valence-electron chi connectivity index (χ1n) is 7.63. The monoisotopic (exact) mass is 283 g/mol. The van der Waals surface area contributed by atoms with Gasteiger partial charge in [-0.2, -0.15) is 0 Å². The molecular weight excluding hydrogens is 262 g/mol. The number of nitrogens with one attached hydrogen (secondary N) is 1. The first-order valence-corrected chi connectivity index (χ1v) is 7.63. The number of hydrogen-bond acceptors (Lipinski definition) is 3. The average Bonchev–Trinajstić information content (AvgIpc) is 3.30. The van der Waals surface area contributed by atoms with Gasteiger partial charge in [0.25, 0.3) is 5.91 Å². The molecule has 0 spiro atoms. The van der Waals surface area contributed by atoms with Gasteiger partial charge in [-0.15, -0.1) is 0 Å². The number of carbonyl (C=O) groups excluding carboxylic acids is 1. The Morgan fingerprint density at radius 2 is 2.19 bits per heavy atom. The van der Waals surface area contributed by atoms with Crippen LogP contribution in [-0.4, -0.2) is 16.9 Å². The molecular formula is C17H21N3O. The van der Waals surface area contributed by atoms with E-state index in [4.69, 9.17) is 5.73 Å². The van der Waals surface area contributed by atoms with Gasteiger partial charge in [-0.3, -0.25) is 4.79 Å². The summed E-state index contributed by atoms with van der Waals surface area (Å²) in [5.41, 5.74) is 7.79. The Morgan fingerprint density at radius 3 is 2.90 bits per heavy atom. The molecule has 1 fully saturated rings. The van der Waals surface area contributed by atoms with Gasteiger partial charge in [0.15, 0.2) is 0 Å². The Bertz CT molecular complexity index is 664. The highest BCUT2D eigenvalue weighted by molar-refractivity contribution is 5.99. The van der Waals surface area contributed by atoms with Crippen molar-refractivity contribution in [2.75, 3.05) is 5.73 Å². The second kappa shape index (κ2) is 5.72. The van der Waals surface area contributed by atoms with E-state index < -0.39 is 0 Å². The first-order chi connectivity index (χ1) is 10.2. The number of nitrogens with two attached hydrogens (primary N) is 1. The quantitative estimate of drug-likeness (QED) is 0.886. The summed E-state index contributed by atoms with van der Waals surface area (Å²) in [6.45, 7) is 2.11. The van der Waals surface area contributed by atoms with Crippen molar-refractivity contribution >= 4 is 22.5 Å². The lowest BCUT2D eigenvalue weighted by Gasteiger charge is -2.16. The summed E-state index contributed by atoms with van der Waals surface area (Å²) < 4.78 is 0. The van der Waals surface area contributed by atoms with E-state index in [1.54, 1.807) is 6.07 Å². The van der Waals surface area contributed by atoms with Crippen molar-refractivity contribution in [1.82, 2.24) is 10.3 Å². The summed E-state index contributed by atoms with van der Waals surface area (Å²) in [6, 6.07) is 9.52. The van der Waals surface area contributed by atoms with E-state index in [1.807, 2.05) is 24.3 Å². The molecule has 3 rings (SSSR count). The average molecular weight is 283 g/mol. The normalized spacial score (nSPS) is 15.9. The molecule has 1 saturated carbocycles. The maximum Gasteiger partial charge on any atom is 0.270 e. The topological polar surface area (TPSA) is 68.0 Å². The Hall–Kier alpha value is -2.10. The Morgan fingerprint density at radius 1 is 1.43 bits per heavy atom. The van der Waals surface area contributed by atoms with Gasteiger partial charge < -0.3 is 11.1 Å². The number of pyridine rings is 1. The van der Waals surface area contributed by atoms with E-state index in [-0.39, 0.29) is 11.9 Å². The molecule has 0 aliphatic heterocycles. The molecule has 0 saturated heterocycles. The first kappa shape index (κ1) is 13.9. The number of fused-ring (bicyclic) bond motifs is 1. The molecule has 4 nitrogen and oxygen atoms in total. The van der Waals surface area contributed by atoms with Gasteiger partial charge in [0.05, 0.1) is 5.52 Å². The number of rotatable bonds is 5. The van der Waals surface area contributed by atoms with Crippen molar-refractivity contribution in [2.24, 2.45) is 5.92 Å². The highest BCUT2D eigenvalue weighted by atomic mass is 16.1. The predicted molar refractivity (Wildman–Crippen MR) is 85.0 cm³/mol. The lowest BCUT2D eigenvalue weighted by molar-refractivity contribution is 0.0928. The van der Waals surface area contributed by atoms with E-state index in [1.165, 1.54) is 12.8 Å². The summed E-state index contributed by atoms with van der Waals surface area (Å²) in [6.07, 6.45) is 4.62. The number of para-hydroxylation sites is 1. The van der Waals surface area contributed by atoms with Crippen LogP contribution in [-0.2, 0) is 0 Å². The van der Waals surface area contributed by atoms with Crippen LogP contribution in [0.3, 0.4) is 0 Å². The standard InChI is InChI=1S/C17H21N3O/c1-2-12(9-11-7-8-11)19-17(21)16-10-14(18)13-5-3-4-6-15(13)20-16/h3-6,10-12H,2,7-9H2,1H3,(H2,18,20)(H,19,21). The number of nitrogen functional groups attached to an aromatic ring is 1. The van der Waals surface area contributed by atoms with Crippen LogP contribution in [0.4, 0.5) is 5.69 Å². The van der Waals surface area contributed by atoms with Crippen LogP contribution in [0.25, 0.3) is 10.9 Å². The lowest BCUT2D eigenvalue weighted by Crippen LogP contribution is -2.35. The molecule has 110 valence electrons. The summed E-state index contributed by atoms with van der Waals surface area (Å²) >= 11 is 0. The molecule has 1 heterocycles. The summed E-state index contributed by atoms with van der Waals surface area (Å²) in [5, 5.41) is 3.98. The third-order valence-corrected chi connectivity index (χ3v) is 4.12. The maximum absolute atomic E-state index is 12.4. The van der Waals surface area contributed by atoms with Crippen molar-refractivity contribution in [3.05, 3.63) is 36.0 Å². The minimum Gasteiger partial charge on any atom is -0.398 e. The number of nitrogens with zero attached hydrogens (tertiary/aromatic N) is 1. The third kappa shape index (κ3) is 3.15.